The molecule has 0 radical (unpaired) electrons. The van der Waals surface area contributed by atoms with Gasteiger partial charge in [-0.3, -0.25) is 4.79 Å². The fourth-order valence-corrected chi connectivity index (χ4v) is 2.53. The number of carbonyl (C=O) groups is 1. The summed E-state index contributed by atoms with van der Waals surface area (Å²) >= 11 is 0. The van der Waals surface area contributed by atoms with E-state index in [2.05, 4.69) is 32.9 Å². The molecule has 0 fully saturated rings. The molecule has 0 saturated heterocycles. The SMILES string of the molecule is CC1=C(/C=C/C=C/C(C)=C/C=O)C(C)(C)CCC1. The Labute approximate surface area is 111 Å². The molecule has 0 heterocycles. The summed E-state index contributed by atoms with van der Waals surface area (Å²) in [6.45, 7) is 8.79. The van der Waals surface area contributed by atoms with Gasteiger partial charge in [0.1, 0.15) is 6.29 Å². The van der Waals surface area contributed by atoms with E-state index in [1.165, 1.54) is 30.4 Å². The first-order valence-corrected chi connectivity index (χ1v) is 6.64. The third-order valence-corrected chi connectivity index (χ3v) is 3.61. The molecule has 1 aliphatic carbocycles. The van der Waals surface area contributed by atoms with E-state index >= 15 is 0 Å². The summed E-state index contributed by atoms with van der Waals surface area (Å²) in [6, 6.07) is 0. The van der Waals surface area contributed by atoms with Gasteiger partial charge in [0.15, 0.2) is 0 Å². The van der Waals surface area contributed by atoms with Gasteiger partial charge >= 0.3 is 0 Å². The lowest BCUT2D eigenvalue weighted by Gasteiger charge is -2.32. The van der Waals surface area contributed by atoms with Crippen molar-refractivity contribution in [1.29, 1.82) is 0 Å². The van der Waals surface area contributed by atoms with Crippen LogP contribution in [0.1, 0.15) is 47.0 Å². The zero-order chi connectivity index (χ0) is 13.6. The lowest BCUT2D eigenvalue weighted by Crippen LogP contribution is -2.18. The Morgan fingerprint density at radius 1 is 1.28 bits per heavy atom. The Morgan fingerprint density at radius 2 is 2.00 bits per heavy atom. The van der Waals surface area contributed by atoms with E-state index in [-0.39, 0.29) is 0 Å². The van der Waals surface area contributed by atoms with Crippen LogP contribution in [-0.4, -0.2) is 6.29 Å². The minimum atomic E-state index is 0.292. The second kappa shape index (κ2) is 6.53. The van der Waals surface area contributed by atoms with Crippen LogP contribution in [0.4, 0.5) is 0 Å². The van der Waals surface area contributed by atoms with E-state index in [0.29, 0.717) is 5.41 Å². The molecule has 0 spiro atoms. The normalized spacial score (nSPS) is 21.0. The van der Waals surface area contributed by atoms with Crippen molar-refractivity contribution >= 4 is 6.29 Å². The van der Waals surface area contributed by atoms with Crippen molar-refractivity contribution in [2.24, 2.45) is 5.41 Å². The first kappa shape index (κ1) is 14.7. The molecular weight excluding hydrogens is 220 g/mol. The van der Waals surface area contributed by atoms with Crippen LogP contribution in [0.3, 0.4) is 0 Å². The van der Waals surface area contributed by atoms with Crippen molar-refractivity contribution in [2.45, 2.75) is 47.0 Å². The molecule has 98 valence electrons. The average Bonchev–Trinajstić information content (AvgIpc) is 2.27. The summed E-state index contributed by atoms with van der Waals surface area (Å²) in [5, 5.41) is 0. The van der Waals surface area contributed by atoms with Crippen molar-refractivity contribution in [3.63, 3.8) is 0 Å². The van der Waals surface area contributed by atoms with E-state index in [1.54, 1.807) is 6.08 Å². The van der Waals surface area contributed by atoms with Gasteiger partial charge in [-0.2, -0.15) is 0 Å². The van der Waals surface area contributed by atoms with E-state index in [4.69, 9.17) is 0 Å². The smallest absolute Gasteiger partial charge is 0.143 e. The van der Waals surface area contributed by atoms with Crippen LogP contribution in [0.25, 0.3) is 0 Å². The van der Waals surface area contributed by atoms with Gasteiger partial charge in [-0.15, -0.1) is 0 Å². The molecule has 0 atom stereocenters. The summed E-state index contributed by atoms with van der Waals surface area (Å²) < 4.78 is 0. The molecule has 18 heavy (non-hydrogen) atoms. The molecule has 1 heteroatoms. The highest BCUT2D eigenvalue weighted by atomic mass is 16.1. The van der Waals surface area contributed by atoms with Crippen LogP contribution in [0.2, 0.25) is 0 Å². The predicted octanol–water partition coefficient (Wildman–Crippen LogP) is 4.77. The van der Waals surface area contributed by atoms with Crippen LogP contribution in [-0.2, 0) is 4.79 Å². The second-order valence-corrected chi connectivity index (χ2v) is 5.70. The maximum absolute atomic E-state index is 10.3. The third kappa shape index (κ3) is 4.14. The van der Waals surface area contributed by atoms with Crippen molar-refractivity contribution in [3.05, 3.63) is 47.1 Å². The van der Waals surface area contributed by atoms with Crippen molar-refractivity contribution < 1.29 is 4.79 Å². The summed E-state index contributed by atoms with van der Waals surface area (Å²) in [5.41, 5.74) is 4.25. The van der Waals surface area contributed by atoms with Gasteiger partial charge in [-0.1, -0.05) is 43.7 Å². The van der Waals surface area contributed by atoms with Crippen molar-refractivity contribution in [3.8, 4) is 0 Å². The van der Waals surface area contributed by atoms with Crippen LogP contribution in [0.5, 0.6) is 0 Å². The molecule has 0 aromatic rings. The van der Waals surface area contributed by atoms with Gasteiger partial charge in [0.25, 0.3) is 0 Å². The second-order valence-electron chi connectivity index (χ2n) is 5.70. The van der Waals surface area contributed by atoms with Crippen LogP contribution in [0.15, 0.2) is 47.1 Å². The van der Waals surface area contributed by atoms with E-state index in [9.17, 15) is 4.79 Å². The highest BCUT2D eigenvalue weighted by molar-refractivity contribution is 5.66. The molecular formula is C17H24O. The van der Waals surface area contributed by atoms with Gasteiger partial charge in [0, 0.05) is 0 Å². The zero-order valence-corrected chi connectivity index (χ0v) is 12.0. The van der Waals surface area contributed by atoms with Crippen LogP contribution in [0, 0.1) is 5.41 Å². The fourth-order valence-electron chi connectivity index (χ4n) is 2.53. The number of carbonyl (C=O) groups excluding carboxylic acids is 1. The lowest BCUT2D eigenvalue weighted by atomic mass is 9.73. The average molecular weight is 244 g/mol. The largest absolute Gasteiger partial charge is 0.299 e. The molecule has 0 N–H and O–H groups in total. The molecule has 0 amide bonds. The monoisotopic (exact) mass is 244 g/mol. The van der Waals surface area contributed by atoms with Gasteiger partial charge in [-0.25, -0.2) is 0 Å². The maximum atomic E-state index is 10.3. The lowest BCUT2D eigenvalue weighted by molar-refractivity contribution is -0.104. The van der Waals surface area contributed by atoms with Gasteiger partial charge in [-0.05, 0) is 55.7 Å². The number of rotatable bonds is 4. The highest BCUT2D eigenvalue weighted by Gasteiger charge is 2.26. The Hall–Kier alpha value is -1.37. The predicted molar refractivity (Wildman–Crippen MR) is 78.4 cm³/mol. The minimum absolute atomic E-state index is 0.292. The van der Waals surface area contributed by atoms with Gasteiger partial charge in [0.05, 0.1) is 0 Å². The molecule has 0 aromatic heterocycles. The molecule has 0 unspecified atom stereocenters. The number of hydrogen-bond donors (Lipinski definition) is 0. The summed E-state index contributed by atoms with van der Waals surface area (Å²) in [7, 11) is 0. The van der Waals surface area contributed by atoms with Crippen LogP contribution < -0.4 is 0 Å². The van der Waals surface area contributed by atoms with E-state index < -0.39 is 0 Å². The minimum Gasteiger partial charge on any atom is -0.299 e. The first-order valence-electron chi connectivity index (χ1n) is 6.64. The zero-order valence-electron chi connectivity index (χ0n) is 12.0. The summed E-state index contributed by atoms with van der Waals surface area (Å²) in [4.78, 5) is 10.3. The number of hydrogen-bond acceptors (Lipinski definition) is 1. The Kier molecular flexibility index (Phi) is 5.33. The molecule has 0 bridgehead atoms. The Bertz CT molecular complexity index is 417. The van der Waals surface area contributed by atoms with Crippen molar-refractivity contribution in [2.75, 3.05) is 0 Å². The maximum Gasteiger partial charge on any atom is 0.143 e. The topological polar surface area (TPSA) is 17.1 Å². The van der Waals surface area contributed by atoms with Crippen molar-refractivity contribution in [1.82, 2.24) is 0 Å². The highest BCUT2D eigenvalue weighted by Crippen LogP contribution is 2.40. The summed E-state index contributed by atoms with van der Waals surface area (Å²) in [6.07, 6.45) is 14.4. The quantitative estimate of drug-likeness (QED) is 0.395. The molecule has 0 aromatic carbocycles. The molecule has 0 aliphatic heterocycles. The standard InChI is InChI=1S/C17H24O/c1-14(11-13-18)8-5-6-10-16-15(2)9-7-12-17(16,3)4/h5-6,8,10-11,13H,7,9,12H2,1-4H3/b8-5+,10-6+,14-11+. The van der Waals surface area contributed by atoms with Gasteiger partial charge < -0.3 is 0 Å². The van der Waals surface area contributed by atoms with Crippen LogP contribution >= 0.6 is 0 Å². The molecule has 1 aliphatic rings. The van der Waals surface area contributed by atoms with E-state index in [1.807, 2.05) is 19.1 Å². The first-order chi connectivity index (χ1) is 8.47. The summed E-state index contributed by atoms with van der Waals surface area (Å²) in [5.74, 6) is 0. The molecule has 0 saturated carbocycles. The number of aldehydes is 1. The van der Waals surface area contributed by atoms with E-state index in [0.717, 1.165) is 11.9 Å². The van der Waals surface area contributed by atoms with Gasteiger partial charge in [0.2, 0.25) is 0 Å². The number of allylic oxidation sites excluding steroid dienone is 8. The molecule has 1 nitrogen and oxygen atoms in total. The Morgan fingerprint density at radius 3 is 2.61 bits per heavy atom. The Balaban J connectivity index is 2.77. The fraction of sp³-hybridized carbons (Fsp3) is 0.471. The third-order valence-electron chi connectivity index (χ3n) is 3.61. The molecule has 1 rings (SSSR count).